The van der Waals surface area contributed by atoms with Gasteiger partial charge in [-0.05, 0) is 36.6 Å². The van der Waals surface area contributed by atoms with Crippen LogP contribution in [0, 0.1) is 11.8 Å². The first kappa shape index (κ1) is 26.2. The van der Waals surface area contributed by atoms with E-state index in [-0.39, 0.29) is 11.8 Å². The number of amides is 1. The molecule has 1 amide bonds. The molecule has 0 saturated carbocycles. The number of para-hydroxylation sites is 1. The average molecular weight is 489 g/mol. The first-order valence-electron chi connectivity index (χ1n) is 12.2. The standard InChI is InChI=1S/C27H37ClN2O4/c1-5-32-24-10-7-6-9-22(24)16-29-15-20(4)27(31)30(17-19(2)3)18-21-13-23(28)26-25(14-21)33-11-8-12-34-26/h6-7,9-10,13-14,19-20,29H,5,8,11-12,15-18H2,1-4H3/t20-/m1/s1. The summed E-state index contributed by atoms with van der Waals surface area (Å²) < 4.78 is 17.3. The van der Waals surface area contributed by atoms with Crippen LogP contribution in [0.1, 0.15) is 45.2 Å². The fourth-order valence-corrected chi connectivity index (χ4v) is 4.33. The van der Waals surface area contributed by atoms with Crippen LogP contribution in [-0.4, -0.2) is 43.7 Å². The molecule has 0 aliphatic carbocycles. The van der Waals surface area contributed by atoms with Gasteiger partial charge in [0.1, 0.15) is 5.75 Å². The predicted molar refractivity (Wildman–Crippen MR) is 136 cm³/mol. The molecule has 0 bridgehead atoms. The highest BCUT2D eigenvalue weighted by Gasteiger charge is 2.23. The summed E-state index contributed by atoms with van der Waals surface area (Å²) in [5.41, 5.74) is 2.03. The fraction of sp³-hybridized carbons (Fsp3) is 0.519. The molecule has 6 nitrogen and oxygen atoms in total. The molecule has 0 saturated heterocycles. The lowest BCUT2D eigenvalue weighted by Gasteiger charge is -2.28. The van der Waals surface area contributed by atoms with Gasteiger partial charge in [0.15, 0.2) is 11.5 Å². The molecule has 0 unspecified atom stereocenters. The van der Waals surface area contributed by atoms with Gasteiger partial charge in [0.05, 0.1) is 24.8 Å². The second kappa shape index (κ2) is 12.9. The van der Waals surface area contributed by atoms with Crippen LogP contribution >= 0.6 is 11.6 Å². The van der Waals surface area contributed by atoms with Crippen LogP contribution in [0.4, 0.5) is 0 Å². The molecule has 34 heavy (non-hydrogen) atoms. The summed E-state index contributed by atoms with van der Waals surface area (Å²) in [4.78, 5) is 15.3. The van der Waals surface area contributed by atoms with Crippen LogP contribution in [0.3, 0.4) is 0 Å². The van der Waals surface area contributed by atoms with Gasteiger partial charge in [-0.25, -0.2) is 0 Å². The number of hydrogen-bond donors (Lipinski definition) is 1. The van der Waals surface area contributed by atoms with Crippen molar-refractivity contribution in [3.8, 4) is 17.2 Å². The number of hydrogen-bond acceptors (Lipinski definition) is 5. The Morgan fingerprint density at radius 1 is 1.18 bits per heavy atom. The molecular formula is C27H37ClN2O4. The lowest BCUT2D eigenvalue weighted by atomic mass is 10.1. The Labute approximate surface area is 208 Å². The summed E-state index contributed by atoms with van der Waals surface area (Å²) in [6, 6.07) is 11.8. The maximum Gasteiger partial charge on any atom is 0.226 e. The Morgan fingerprint density at radius 2 is 1.94 bits per heavy atom. The fourth-order valence-electron chi connectivity index (χ4n) is 4.04. The van der Waals surface area contributed by atoms with Crippen molar-refractivity contribution < 1.29 is 19.0 Å². The first-order chi connectivity index (χ1) is 16.4. The maximum atomic E-state index is 13.4. The molecule has 1 heterocycles. The van der Waals surface area contributed by atoms with E-state index in [1.807, 2.05) is 55.1 Å². The van der Waals surface area contributed by atoms with Crippen molar-refractivity contribution in [3.05, 3.63) is 52.5 Å². The number of benzene rings is 2. The van der Waals surface area contributed by atoms with E-state index in [4.69, 9.17) is 25.8 Å². The number of carbonyl (C=O) groups excluding carboxylic acids is 1. The van der Waals surface area contributed by atoms with Crippen LogP contribution in [0.25, 0.3) is 0 Å². The first-order valence-corrected chi connectivity index (χ1v) is 12.5. The van der Waals surface area contributed by atoms with Gasteiger partial charge in [-0.1, -0.05) is 50.6 Å². The third-order valence-corrected chi connectivity index (χ3v) is 5.87. The van der Waals surface area contributed by atoms with Gasteiger partial charge in [-0.15, -0.1) is 0 Å². The highest BCUT2D eigenvalue weighted by Crippen LogP contribution is 2.38. The van der Waals surface area contributed by atoms with E-state index in [1.54, 1.807) is 0 Å². The zero-order chi connectivity index (χ0) is 24.5. The van der Waals surface area contributed by atoms with Crippen molar-refractivity contribution in [1.29, 1.82) is 0 Å². The Balaban J connectivity index is 1.65. The van der Waals surface area contributed by atoms with E-state index < -0.39 is 0 Å². The van der Waals surface area contributed by atoms with Crippen LogP contribution in [-0.2, 0) is 17.9 Å². The zero-order valence-corrected chi connectivity index (χ0v) is 21.5. The van der Waals surface area contributed by atoms with Crippen LogP contribution < -0.4 is 19.5 Å². The number of halogens is 1. The summed E-state index contributed by atoms with van der Waals surface area (Å²) >= 11 is 6.48. The van der Waals surface area contributed by atoms with E-state index >= 15 is 0 Å². The van der Waals surface area contributed by atoms with Gasteiger partial charge in [0, 0.05) is 44.1 Å². The van der Waals surface area contributed by atoms with Crippen LogP contribution in [0.15, 0.2) is 36.4 Å². The minimum absolute atomic E-state index is 0.113. The summed E-state index contributed by atoms with van der Waals surface area (Å²) in [7, 11) is 0. The van der Waals surface area contributed by atoms with E-state index in [9.17, 15) is 4.79 Å². The number of carbonyl (C=O) groups is 1. The monoisotopic (exact) mass is 488 g/mol. The molecule has 186 valence electrons. The zero-order valence-electron chi connectivity index (χ0n) is 20.7. The van der Waals surface area contributed by atoms with Crippen molar-refractivity contribution in [2.24, 2.45) is 11.8 Å². The molecular weight excluding hydrogens is 452 g/mol. The summed E-state index contributed by atoms with van der Waals surface area (Å²) in [6.45, 7) is 12.4. The average Bonchev–Trinajstić information content (AvgIpc) is 3.05. The lowest BCUT2D eigenvalue weighted by molar-refractivity contribution is -0.136. The van der Waals surface area contributed by atoms with Gasteiger partial charge >= 0.3 is 0 Å². The van der Waals surface area contributed by atoms with Crippen molar-refractivity contribution >= 4 is 17.5 Å². The second-order valence-corrected chi connectivity index (χ2v) is 9.55. The molecule has 3 rings (SSSR count). The highest BCUT2D eigenvalue weighted by atomic mass is 35.5. The summed E-state index contributed by atoms with van der Waals surface area (Å²) in [6.07, 6.45) is 0.817. The normalized spacial score (nSPS) is 13.9. The van der Waals surface area contributed by atoms with Gasteiger partial charge in [0.2, 0.25) is 5.91 Å². The number of fused-ring (bicyclic) bond motifs is 1. The van der Waals surface area contributed by atoms with Crippen molar-refractivity contribution in [2.75, 3.05) is 32.9 Å². The molecule has 1 N–H and O–H groups in total. The Bertz CT molecular complexity index is 950. The Hall–Kier alpha value is -2.44. The van der Waals surface area contributed by atoms with Gasteiger partial charge < -0.3 is 24.4 Å². The molecule has 1 atom stereocenters. The molecule has 1 aliphatic heterocycles. The maximum absolute atomic E-state index is 13.4. The quantitative estimate of drug-likeness (QED) is 0.464. The van der Waals surface area contributed by atoms with Gasteiger partial charge in [-0.2, -0.15) is 0 Å². The lowest BCUT2D eigenvalue weighted by Crippen LogP contribution is -2.40. The molecule has 2 aromatic rings. The minimum Gasteiger partial charge on any atom is -0.494 e. The predicted octanol–water partition coefficient (Wildman–Crippen LogP) is 5.31. The molecule has 0 spiro atoms. The molecule has 0 fully saturated rings. The Morgan fingerprint density at radius 3 is 2.71 bits per heavy atom. The molecule has 7 heteroatoms. The van der Waals surface area contributed by atoms with Crippen molar-refractivity contribution in [2.45, 2.75) is 47.2 Å². The molecule has 0 aromatic heterocycles. The third kappa shape index (κ3) is 7.28. The smallest absolute Gasteiger partial charge is 0.226 e. The SMILES string of the molecule is CCOc1ccccc1CNC[C@@H](C)C(=O)N(Cc1cc(Cl)c2c(c1)OCCCO2)CC(C)C. The number of nitrogens with one attached hydrogen (secondary N) is 1. The number of nitrogens with zero attached hydrogens (tertiary/aromatic N) is 1. The van der Waals surface area contributed by atoms with Crippen molar-refractivity contribution in [1.82, 2.24) is 10.2 Å². The number of ether oxygens (including phenoxy) is 3. The van der Waals surface area contributed by atoms with Crippen molar-refractivity contribution in [3.63, 3.8) is 0 Å². The minimum atomic E-state index is -0.172. The van der Waals surface area contributed by atoms with Crippen LogP contribution in [0.2, 0.25) is 5.02 Å². The molecule has 1 aliphatic rings. The second-order valence-electron chi connectivity index (χ2n) is 9.14. The topological polar surface area (TPSA) is 60.0 Å². The van der Waals surface area contributed by atoms with E-state index in [0.29, 0.717) is 68.4 Å². The summed E-state index contributed by atoms with van der Waals surface area (Å²) in [5, 5.41) is 3.95. The van der Waals surface area contributed by atoms with E-state index in [1.165, 1.54) is 0 Å². The largest absolute Gasteiger partial charge is 0.494 e. The van der Waals surface area contributed by atoms with Crippen LogP contribution in [0.5, 0.6) is 17.2 Å². The molecule has 0 radical (unpaired) electrons. The van der Waals surface area contributed by atoms with E-state index in [2.05, 4.69) is 19.2 Å². The van der Waals surface area contributed by atoms with Gasteiger partial charge in [0.25, 0.3) is 0 Å². The third-order valence-electron chi connectivity index (χ3n) is 5.59. The molecule has 2 aromatic carbocycles. The number of rotatable bonds is 11. The highest BCUT2D eigenvalue weighted by molar-refractivity contribution is 6.32. The summed E-state index contributed by atoms with van der Waals surface area (Å²) in [5.74, 6) is 2.41. The Kier molecular flexibility index (Phi) is 9.90. The van der Waals surface area contributed by atoms with E-state index in [0.717, 1.165) is 23.3 Å². The van der Waals surface area contributed by atoms with Gasteiger partial charge in [-0.3, -0.25) is 4.79 Å².